The molecule has 0 bridgehead atoms. The maximum atomic E-state index is 13.2. The Balaban J connectivity index is 1.77. The molecule has 2 amide bonds. The highest BCUT2D eigenvalue weighted by molar-refractivity contribution is 5.90. The van der Waals surface area contributed by atoms with Crippen molar-refractivity contribution in [1.29, 1.82) is 0 Å². The molecule has 0 aliphatic carbocycles. The topological polar surface area (TPSA) is 92.4 Å². The number of rotatable bonds is 3. The molecule has 1 atom stereocenters. The van der Waals surface area contributed by atoms with E-state index in [-0.39, 0.29) is 22.4 Å². The molecule has 0 saturated carbocycles. The summed E-state index contributed by atoms with van der Waals surface area (Å²) in [6.45, 7) is 9.48. The SMILES string of the molecule is CC(C)(C)CN1CCCC2(CCN(c3cncc(C(N)=O)n3)C2)C1=O. The Bertz CT molecular complexity index is 684. The van der Waals surface area contributed by atoms with Crippen LogP contribution in [0.15, 0.2) is 12.4 Å². The molecule has 7 heteroatoms. The van der Waals surface area contributed by atoms with Crippen molar-refractivity contribution in [3.8, 4) is 0 Å². The van der Waals surface area contributed by atoms with Crippen LogP contribution in [-0.4, -0.2) is 52.9 Å². The average Bonchev–Trinajstić information content (AvgIpc) is 2.96. The number of primary amides is 1. The zero-order valence-corrected chi connectivity index (χ0v) is 15.3. The van der Waals surface area contributed by atoms with Crippen LogP contribution in [0, 0.1) is 10.8 Å². The molecule has 3 heterocycles. The lowest BCUT2D eigenvalue weighted by Crippen LogP contribution is -2.52. The molecule has 1 spiro atoms. The van der Waals surface area contributed by atoms with E-state index in [9.17, 15) is 9.59 Å². The third kappa shape index (κ3) is 3.60. The van der Waals surface area contributed by atoms with Gasteiger partial charge in [0, 0.05) is 26.2 Å². The van der Waals surface area contributed by atoms with Gasteiger partial charge in [0.05, 0.1) is 17.8 Å². The molecule has 0 aromatic carbocycles. The van der Waals surface area contributed by atoms with E-state index >= 15 is 0 Å². The van der Waals surface area contributed by atoms with Crippen molar-refractivity contribution in [3.63, 3.8) is 0 Å². The number of nitrogens with two attached hydrogens (primary N) is 1. The third-order valence-electron chi connectivity index (χ3n) is 5.04. The predicted octanol–water partition coefficient (Wildman–Crippen LogP) is 1.44. The van der Waals surface area contributed by atoms with Crippen LogP contribution in [0.3, 0.4) is 0 Å². The van der Waals surface area contributed by atoms with E-state index in [2.05, 4.69) is 35.6 Å². The Hall–Kier alpha value is -2.18. The molecule has 1 aromatic heterocycles. The number of nitrogens with zero attached hydrogens (tertiary/aromatic N) is 4. The molecule has 2 fully saturated rings. The first kappa shape index (κ1) is 17.6. The highest BCUT2D eigenvalue weighted by Crippen LogP contribution is 2.41. The van der Waals surface area contributed by atoms with E-state index in [4.69, 9.17) is 5.73 Å². The van der Waals surface area contributed by atoms with Crippen molar-refractivity contribution in [3.05, 3.63) is 18.1 Å². The van der Waals surface area contributed by atoms with E-state index in [0.717, 1.165) is 38.9 Å². The number of piperidine rings is 1. The number of likely N-dealkylation sites (tertiary alicyclic amines) is 1. The number of hydrogen-bond acceptors (Lipinski definition) is 5. The molecule has 25 heavy (non-hydrogen) atoms. The molecular formula is C18H27N5O2. The van der Waals surface area contributed by atoms with E-state index in [1.165, 1.54) is 6.20 Å². The standard InChI is InChI=1S/C18H27N5O2/c1-17(2,3)11-23-7-4-5-18(16(23)25)6-8-22(12-18)14-10-20-9-13(21-14)15(19)24/h9-10H,4-8,11-12H2,1-3H3,(H2,19,24). The smallest absolute Gasteiger partial charge is 0.268 e. The van der Waals surface area contributed by atoms with Crippen LogP contribution in [0.4, 0.5) is 5.82 Å². The summed E-state index contributed by atoms with van der Waals surface area (Å²) in [5, 5.41) is 0. The summed E-state index contributed by atoms with van der Waals surface area (Å²) in [7, 11) is 0. The number of carbonyl (C=O) groups is 2. The molecule has 1 unspecified atom stereocenters. The van der Waals surface area contributed by atoms with Crippen LogP contribution in [-0.2, 0) is 4.79 Å². The molecule has 0 radical (unpaired) electrons. The van der Waals surface area contributed by atoms with Crippen molar-refractivity contribution in [2.24, 2.45) is 16.6 Å². The summed E-state index contributed by atoms with van der Waals surface area (Å²) in [5.74, 6) is 0.289. The predicted molar refractivity (Wildman–Crippen MR) is 95.1 cm³/mol. The fraction of sp³-hybridized carbons (Fsp3) is 0.667. The van der Waals surface area contributed by atoms with Crippen molar-refractivity contribution in [2.45, 2.75) is 40.0 Å². The highest BCUT2D eigenvalue weighted by atomic mass is 16.2. The Kier molecular flexibility index (Phi) is 4.43. The molecule has 2 aliphatic rings. The van der Waals surface area contributed by atoms with Crippen LogP contribution in [0.5, 0.6) is 0 Å². The largest absolute Gasteiger partial charge is 0.364 e. The monoisotopic (exact) mass is 345 g/mol. The van der Waals surface area contributed by atoms with Crippen LogP contribution in [0.2, 0.25) is 0 Å². The lowest BCUT2D eigenvalue weighted by atomic mass is 9.77. The summed E-state index contributed by atoms with van der Waals surface area (Å²) < 4.78 is 0. The second-order valence-corrected chi connectivity index (χ2v) is 8.47. The molecule has 2 aliphatic heterocycles. The van der Waals surface area contributed by atoms with Crippen molar-refractivity contribution < 1.29 is 9.59 Å². The molecule has 2 saturated heterocycles. The van der Waals surface area contributed by atoms with Gasteiger partial charge in [0.25, 0.3) is 5.91 Å². The van der Waals surface area contributed by atoms with Crippen LogP contribution in [0.25, 0.3) is 0 Å². The number of anilines is 1. The lowest BCUT2D eigenvalue weighted by Gasteiger charge is -2.41. The fourth-order valence-electron chi connectivity index (χ4n) is 3.95. The van der Waals surface area contributed by atoms with Gasteiger partial charge < -0.3 is 15.5 Å². The van der Waals surface area contributed by atoms with Gasteiger partial charge in [0.15, 0.2) is 0 Å². The maximum Gasteiger partial charge on any atom is 0.268 e. The Morgan fingerprint density at radius 2 is 2.04 bits per heavy atom. The van der Waals surface area contributed by atoms with E-state index in [1.54, 1.807) is 6.20 Å². The quantitative estimate of drug-likeness (QED) is 0.895. The minimum atomic E-state index is -0.589. The molecular weight excluding hydrogens is 318 g/mol. The molecule has 1 aromatic rings. The molecule has 7 nitrogen and oxygen atoms in total. The summed E-state index contributed by atoms with van der Waals surface area (Å²) in [6.07, 6.45) is 5.75. The van der Waals surface area contributed by atoms with Gasteiger partial charge in [-0.25, -0.2) is 4.98 Å². The van der Waals surface area contributed by atoms with Gasteiger partial charge in [-0.15, -0.1) is 0 Å². The third-order valence-corrected chi connectivity index (χ3v) is 5.04. The van der Waals surface area contributed by atoms with Gasteiger partial charge in [-0.05, 0) is 24.7 Å². The summed E-state index contributed by atoms with van der Waals surface area (Å²) in [6, 6.07) is 0. The number of hydrogen-bond donors (Lipinski definition) is 1. The Morgan fingerprint density at radius 3 is 2.72 bits per heavy atom. The summed E-state index contributed by atoms with van der Waals surface area (Å²) >= 11 is 0. The minimum absolute atomic E-state index is 0.0910. The van der Waals surface area contributed by atoms with Crippen LogP contribution in [0.1, 0.15) is 50.5 Å². The molecule has 3 rings (SSSR count). The van der Waals surface area contributed by atoms with E-state index < -0.39 is 5.91 Å². The van der Waals surface area contributed by atoms with Gasteiger partial charge >= 0.3 is 0 Å². The van der Waals surface area contributed by atoms with Gasteiger partial charge in [0.1, 0.15) is 11.5 Å². The van der Waals surface area contributed by atoms with Gasteiger partial charge in [-0.2, -0.15) is 0 Å². The number of aromatic nitrogens is 2. The normalized spacial score (nSPS) is 24.2. The second-order valence-electron chi connectivity index (χ2n) is 8.47. The van der Waals surface area contributed by atoms with E-state index in [1.807, 2.05) is 4.90 Å². The molecule has 136 valence electrons. The average molecular weight is 345 g/mol. The summed E-state index contributed by atoms with van der Waals surface area (Å²) in [4.78, 5) is 36.9. The van der Waals surface area contributed by atoms with Crippen LogP contribution >= 0.6 is 0 Å². The van der Waals surface area contributed by atoms with Crippen molar-refractivity contribution >= 4 is 17.6 Å². The van der Waals surface area contributed by atoms with Gasteiger partial charge in [0.2, 0.25) is 5.91 Å². The molecule has 2 N–H and O–H groups in total. The fourth-order valence-corrected chi connectivity index (χ4v) is 3.95. The van der Waals surface area contributed by atoms with Gasteiger partial charge in [-0.3, -0.25) is 14.6 Å². The lowest BCUT2D eigenvalue weighted by molar-refractivity contribution is -0.146. The Labute approximate surface area is 148 Å². The van der Waals surface area contributed by atoms with E-state index in [0.29, 0.717) is 12.4 Å². The first-order valence-corrected chi connectivity index (χ1v) is 8.86. The van der Waals surface area contributed by atoms with Crippen molar-refractivity contribution in [1.82, 2.24) is 14.9 Å². The number of carbonyl (C=O) groups excluding carboxylic acids is 2. The zero-order valence-electron chi connectivity index (χ0n) is 15.3. The minimum Gasteiger partial charge on any atom is -0.364 e. The first-order valence-electron chi connectivity index (χ1n) is 8.86. The van der Waals surface area contributed by atoms with Crippen LogP contribution < -0.4 is 10.6 Å². The van der Waals surface area contributed by atoms with Crippen molar-refractivity contribution in [2.75, 3.05) is 31.1 Å². The zero-order chi connectivity index (χ0) is 18.2. The first-order chi connectivity index (χ1) is 11.7. The number of amides is 2. The Morgan fingerprint density at radius 1 is 1.28 bits per heavy atom. The van der Waals surface area contributed by atoms with Gasteiger partial charge in [-0.1, -0.05) is 20.8 Å². The second kappa shape index (κ2) is 6.28. The highest BCUT2D eigenvalue weighted by Gasteiger charge is 2.49. The summed E-state index contributed by atoms with van der Waals surface area (Å²) in [5.41, 5.74) is 5.20. The maximum absolute atomic E-state index is 13.2.